The number of para-hydroxylation sites is 1. The van der Waals surface area contributed by atoms with Gasteiger partial charge in [0.1, 0.15) is 0 Å². The first kappa shape index (κ1) is 11.0. The Morgan fingerprint density at radius 3 is 2.81 bits per heavy atom. The first-order chi connectivity index (χ1) is 7.58. The number of benzene rings is 1. The fourth-order valence-corrected chi connectivity index (χ4v) is 1.62. The zero-order chi connectivity index (χ0) is 11.7. The maximum atomic E-state index is 11.6. The van der Waals surface area contributed by atoms with E-state index < -0.39 is 5.97 Å². The number of rotatable bonds is 2. The molecule has 2 aromatic rings. The SMILES string of the molecule is CC(C)OC(=O)c1cc2cccc(Cl)c2o1. The van der Waals surface area contributed by atoms with Crippen LogP contribution in [0, 0.1) is 0 Å². The van der Waals surface area contributed by atoms with E-state index in [1.54, 1.807) is 32.0 Å². The van der Waals surface area contributed by atoms with E-state index in [0.29, 0.717) is 10.6 Å². The molecule has 0 radical (unpaired) electrons. The minimum atomic E-state index is -0.470. The molecule has 0 N–H and O–H groups in total. The minimum absolute atomic E-state index is 0.170. The van der Waals surface area contributed by atoms with Crippen molar-refractivity contribution in [1.82, 2.24) is 0 Å². The fraction of sp³-hybridized carbons (Fsp3) is 0.250. The predicted octanol–water partition coefficient (Wildman–Crippen LogP) is 3.65. The maximum Gasteiger partial charge on any atom is 0.374 e. The Morgan fingerprint density at radius 1 is 1.44 bits per heavy atom. The Labute approximate surface area is 97.9 Å². The summed E-state index contributed by atoms with van der Waals surface area (Å²) in [7, 11) is 0. The maximum absolute atomic E-state index is 11.6. The zero-order valence-corrected chi connectivity index (χ0v) is 9.75. The van der Waals surface area contributed by atoms with E-state index >= 15 is 0 Å². The molecule has 2 rings (SSSR count). The number of fused-ring (bicyclic) bond motifs is 1. The minimum Gasteiger partial charge on any atom is -0.457 e. The van der Waals surface area contributed by atoms with Crippen LogP contribution in [-0.4, -0.2) is 12.1 Å². The number of furan rings is 1. The molecule has 3 nitrogen and oxygen atoms in total. The third-order valence-corrected chi connectivity index (χ3v) is 2.34. The third-order valence-electron chi connectivity index (χ3n) is 2.04. The average Bonchev–Trinajstić information content (AvgIpc) is 2.61. The summed E-state index contributed by atoms with van der Waals surface area (Å²) in [6, 6.07) is 6.98. The highest BCUT2D eigenvalue weighted by atomic mass is 35.5. The second kappa shape index (κ2) is 4.18. The quantitative estimate of drug-likeness (QED) is 0.750. The van der Waals surface area contributed by atoms with Crippen molar-refractivity contribution >= 4 is 28.5 Å². The lowest BCUT2D eigenvalue weighted by atomic mass is 10.2. The van der Waals surface area contributed by atoms with E-state index in [0.717, 1.165) is 5.39 Å². The van der Waals surface area contributed by atoms with Gasteiger partial charge in [-0.25, -0.2) is 4.79 Å². The molecule has 0 saturated heterocycles. The molecule has 0 aliphatic heterocycles. The van der Waals surface area contributed by atoms with Crippen LogP contribution in [-0.2, 0) is 4.74 Å². The van der Waals surface area contributed by atoms with Gasteiger partial charge in [0.05, 0.1) is 11.1 Å². The molecule has 0 aliphatic rings. The van der Waals surface area contributed by atoms with Gasteiger partial charge < -0.3 is 9.15 Å². The molecule has 1 heterocycles. The number of carbonyl (C=O) groups excluding carboxylic acids is 1. The summed E-state index contributed by atoms with van der Waals surface area (Å²) in [6.45, 7) is 3.57. The van der Waals surface area contributed by atoms with Crippen molar-refractivity contribution in [3.63, 3.8) is 0 Å². The molecule has 84 valence electrons. The molecule has 0 unspecified atom stereocenters. The Morgan fingerprint density at radius 2 is 2.19 bits per heavy atom. The highest BCUT2D eigenvalue weighted by molar-refractivity contribution is 6.34. The van der Waals surface area contributed by atoms with Crippen LogP contribution < -0.4 is 0 Å². The molecule has 0 bridgehead atoms. The van der Waals surface area contributed by atoms with Gasteiger partial charge in [0, 0.05) is 5.39 Å². The normalized spacial score (nSPS) is 11.0. The molecular formula is C12H11ClO3. The summed E-state index contributed by atoms with van der Waals surface area (Å²) >= 11 is 5.93. The summed E-state index contributed by atoms with van der Waals surface area (Å²) in [5, 5.41) is 1.28. The van der Waals surface area contributed by atoms with Crippen molar-refractivity contribution in [1.29, 1.82) is 0 Å². The summed E-state index contributed by atoms with van der Waals surface area (Å²) in [6.07, 6.45) is -0.170. The molecule has 0 amide bonds. The van der Waals surface area contributed by atoms with Gasteiger partial charge in [-0.05, 0) is 26.0 Å². The zero-order valence-electron chi connectivity index (χ0n) is 8.99. The number of halogens is 1. The van der Waals surface area contributed by atoms with Gasteiger partial charge in [-0.15, -0.1) is 0 Å². The Balaban J connectivity index is 2.40. The van der Waals surface area contributed by atoms with Gasteiger partial charge in [-0.2, -0.15) is 0 Å². The molecule has 4 heteroatoms. The van der Waals surface area contributed by atoms with Gasteiger partial charge in [0.25, 0.3) is 0 Å². The molecule has 0 saturated carbocycles. The van der Waals surface area contributed by atoms with Crippen LogP contribution in [0.2, 0.25) is 5.02 Å². The topological polar surface area (TPSA) is 39.4 Å². The van der Waals surface area contributed by atoms with Crippen LogP contribution in [0.4, 0.5) is 0 Å². The Hall–Kier alpha value is -1.48. The number of esters is 1. The molecule has 1 aromatic carbocycles. The lowest BCUT2D eigenvalue weighted by Gasteiger charge is -2.04. The Kier molecular flexibility index (Phi) is 2.88. The van der Waals surface area contributed by atoms with E-state index in [-0.39, 0.29) is 11.9 Å². The van der Waals surface area contributed by atoms with Gasteiger partial charge in [0.15, 0.2) is 5.58 Å². The highest BCUT2D eigenvalue weighted by Crippen LogP contribution is 2.26. The number of carbonyl (C=O) groups is 1. The van der Waals surface area contributed by atoms with Crippen molar-refractivity contribution in [2.75, 3.05) is 0 Å². The lowest BCUT2D eigenvalue weighted by molar-refractivity contribution is 0.0344. The number of ether oxygens (including phenoxy) is 1. The summed E-state index contributed by atoms with van der Waals surface area (Å²) in [5.74, 6) is -0.293. The van der Waals surface area contributed by atoms with Crippen molar-refractivity contribution < 1.29 is 13.9 Å². The first-order valence-electron chi connectivity index (χ1n) is 4.97. The lowest BCUT2D eigenvalue weighted by Crippen LogP contribution is -2.10. The van der Waals surface area contributed by atoms with Crippen molar-refractivity contribution in [3.05, 3.63) is 35.0 Å². The van der Waals surface area contributed by atoms with Gasteiger partial charge in [-0.1, -0.05) is 23.7 Å². The molecule has 0 aliphatic carbocycles. The molecular weight excluding hydrogens is 228 g/mol. The van der Waals surface area contributed by atoms with Gasteiger partial charge in [-0.3, -0.25) is 0 Å². The van der Waals surface area contributed by atoms with E-state index in [4.69, 9.17) is 20.8 Å². The monoisotopic (exact) mass is 238 g/mol. The van der Waals surface area contributed by atoms with Crippen molar-refractivity contribution in [2.45, 2.75) is 20.0 Å². The second-order valence-electron chi connectivity index (χ2n) is 3.72. The van der Waals surface area contributed by atoms with E-state index in [9.17, 15) is 4.79 Å². The van der Waals surface area contributed by atoms with Crippen LogP contribution in [0.5, 0.6) is 0 Å². The summed E-state index contributed by atoms with van der Waals surface area (Å²) in [5.41, 5.74) is 0.514. The number of hydrogen-bond donors (Lipinski definition) is 0. The van der Waals surface area contributed by atoms with E-state index in [1.165, 1.54) is 0 Å². The molecule has 0 fully saturated rings. The second-order valence-corrected chi connectivity index (χ2v) is 4.13. The first-order valence-corrected chi connectivity index (χ1v) is 5.35. The average molecular weight is 239 g/mol. The summed E-state index contributed by atoms with van der Waals surface area (Å²) in [4.78, 5) is 11.6. The number of hydrogen-bond acceptors (Lipinski definition) is 3. The van der Waals surface area contributed by atoms with Crippen LogP contribution in [0.1, 0.15) is 24.4 Å². The molecule has 0 atom stereocenters. The molecule has 0 spiro atoms. The Bertz CT molecular complexity index is 528. The van der Waals surface area contributed by atoms with Crippen LogP contribution in [0.15, 0.2) is 28.7 Å². The van der Waals surface area contributed by atoms with Crippen molar-refractivity contribution in [3.8, 4) is 0 Å². The van der Waals surface area contributed by atoms with Gasteiger partial charge >= 0.3 is 5.97 Å². The van der Waals surface area contributed by atoms with Crippen LogP contribution in [0.25, 0.3) is 11.0 Å². The predicted molar refractivity (Wildman–Crippen MR) is 61.8 cm³/mol. The summed E-state index contributed by atoms with van der Waals surface area (Å²) < 4.78 is 10.4. The van der Waals surface area contributed by atoms with Crippen molar-refractivity contribution in [2.24, 2.45) is 0 Å². The van der Waals surface area contributed by atoms with Gasteiger partial charge in [0.2, 0.25) is 5.76 Å². The fourth-order valence-electron chi connectivity index (χ4n) is 1.40. The van der Waals surface area contributed by atoms with E-state index in [2.05, 4.69) is 0 Å². The molecule has 16 heavy (non-hydrogen) atoms. The smallest absolute Gasteiger partial charge is 0.374 e. The van der Waals surface area contributed by atoms with Crippen LogP contribution >= 0.6 is 11.6 Å². The third kappa shape index (κ3) is 2.04. The standard InChI is InChI=1S/C12H11ClO3/c1-7(2)15-12(14)10-6-8-4-3-5-9(13)11(8)16-10/h3-7H,1-2H3. The van der Waals surface area contributed by atoms with Crippen LogP contribution in [0.3, 0.4) is 0 Å². The highest BCUT2D eigenvalue weighted by Gasteiger charge is 2.15. The van der Waals surface area contributed by atoms with E-state index in [1.807, 2.05) is 6.07 Å². The largest absolute Gasteiger partial charge is 0.457 e. The molecule has 1 aromatic heterocycles.